The topological polar surface area (TPSA) is 88.2 Å². The van der Waals surface area contributed by atoms with Crippen LogP contribution in [0.2, 0.25) is 0 Å². The van der Waals surface area contributed by atoms with Crippen LogP contribution in [0.5, 0.6) is 0 Å². The molecule has 2 aromatic rings. The first-order chi connectivity index (χ1) is 11.1. The van der Waals surface area contributed by atoms with E-state index in [1.54, 1.807) is 0 Å². The van der Waals surface area contributed by atoms with Crippen molar-refractivity contribution in [1.82, 2.24) is 15.5 Å². The summed E-state index contributed by atoms with van der Waals surface area (Å²) >= 11 is 0. The van der Waals surface area contributed by atoms with Gasteiger partial charge >= 0.3 is 0 Å². The van der Waals surface area contributed by atoms with Gasteiger partial charge in [0.15, 0.2) is 0 Å². The fourth-order valence-corrected chi connectivity index (χ4v) is 2.95. The van der Waals surface area contributed by atoms with Crippen molar-refractivity contribution in [2.45, 2.75) is 50.7 Å². The lowest BCUT2D eigenvalue weighted by Crippen LogP contribution is -2.38. The molecule has 0 bridgehead atoms. The molecule has 1 aromatic carbocycles. The molecule has 1 fully saturated rings. The summed E-state index contributed by atoms with van der Waals surface area (Å²) < 4.78 is 5.15. The summed E-state index contributed by atoms with van der Waals surface area (Å²) in [6.07, 6.45) is 4.61. The second kappa shape index (κ2) is 6.91. The van der Waals surface area contributed by atoms with E-state index in [2.05, 4.69) is 15.5 Å². The molecular weight excluding hydrogens is 294 g/mol. The highest BCUT2D eigenvalue weighted by Crippen LogP contribution is 2.30. The van der Waals surface area contributed by atoms with Crippen molar-refractivity contribution in [1.29, 1.82) is 0 Å². The van der Waals surface area contributed by atoms with Crippen LogP contribution in [0.25, 0.3) is 11.4 Å². The van der Waals surface area contributed by atoms with Crippen molar-refractivity contribution >= 4 is 5.91 Å². The molecule has 1 amide bonds. The molecule has 1 heterocycles. The number of nitrogens with one attached hydrogen (secondary N) is 1. The van der Waals surface area contributed by atoms with E-state index in [1.165, 1.54) is 0 Å². The summed E-state index contributed by atoms with van der Waals surface area (Å²) in [7, 11) is 0. The maximum Gasteiger partial charge on any atom is 0.246 e. The van der Waals surface area contributed by atoms with Crippen LogP contribution >= 0.6 is 0 Å². The lowest BCUT2D eigenvalue weighted by atomic mass is 9.82. The van der Waals surface area contributed by atoms with E-state index in [0.717, 1.165) is 24.8 Å². The Kier molecular flexibility index (Phi) is 4.71. The minimum Gasteiger partial charge on any atom is -0.389 e. The molecule has 0 radical (unpaired) electrons. The number of nitrogens with zero attached hydrogens (tertiary/aromatic N) is 2. The number of carbonyl (C=O) groups excluding carboxylic acids is 1. The van der Waals surface area contributed by atoms with Gasteiger partial charge in [-0.05, 0) is 12.8 Å². The first kappa shape index (κ1) is 15.7. The van der Waals surface area contributed by atoms with E-state index in [9.17, 15) is 9.90 Å². The Bertz CT molecular complexity index is 648. The molecule has 0 saturated heterocycles. The Balaban J connectivity index is 1.52. The minimum absolute atomic E-state index is 0.132. The molecule has 1 aliphatic carbocycles. The van der Waals surface area contributed by atoms with Gasteiger partial charge in [0, 0.05) is 5.56 Å². The van der Waals surface area contributed by atoms with Gasteiger partial charge in [-0.1, -0.05) is 54.8 Å². The average molecular weight is 315 g/mol. The van der Waals surface area contributed by atoms with Crippen LogP contribution in [-0.2, 0) is 11.3 Å². The minimum atomic E-state index is -0.855. The molecule has 0 spiro atoms. The highest BCUT2D eigenvalue weighted by Gasteiger charge is 2.31. The molecular formula is C17H21N3O3. The standard InChI is InChI=1S/C17H21N3O3/c21-14(11-17(22)9-5-2-6-10-17)18-12-15-19-16(20-23-15)13-7-3-1-4-8-13/h1,3-4,7-8,22H,2,5-6,9-12H2,(H,18,21). The quantitative estimate of drug-likeness (QED) is 0.884. The molecule has 0 unspecified atom stereocenters. The lowest BCUT2D eigenvalue weighted by molar-refractivity contribution is -0.127. The zero-order valence-electron chi connectivity index (χ0n) is 13.0. The van der Waals surface area contributed by atoms with E-state index < -0.39 is 5.60 Å². The van der Waals surface area contributed by atoms with Crippen LogP contribution in [0.15, 0.2) is 34.9 Å². The number of amides is 1. The summed E-state index contributed by atoms with van der Waals surface area (Å²) in [5.41, 5.74) is 0.0113. The van der Waals surface area contributed by atoms with Crippen LogP contribution in [0.3, 0.4) is 0 Å². The smallest absolute Gasteiger partial charge is 0.246 e. The lowest BCUT2D eigenvalue weighted by Gasteiger charge is -2.31. The first-order valence-electron chi connectivity index (χ1n) is 8.02. The molecule has 1 aromatic heterocycles. The van der Waals surface area contributed by atoms with E-state index in [4.69, 9.17) is 4.52 Å². The molecule has 6 nitrogen and oxygen atoms in total. The molecule has 1 aliphatic rings. The van der Waals surface area contributed by atoms with Gasteiger partial charge in [0.2, 0.25) is 17.6 Å². The van der Waals surface area contributed by atoms with Gasteiger partial charge in [-0.3, -0.25) is 4.79 Å². The SMILES string of the molecule is O=C(CC1(O)CCCCC1)NCc1nc(-c2ccccc2)no1. The predicted octanol–water partition coefficient (Wildman–Crippen LogP) is 2.44. The Morgan fingerprint density at radius 2 is 1.96 bits per heavy atom. The highest BCUT2D eigenvalue weighted by molar-refractivity contribution is 5.76. The van der Waals surface area contributed by atoms with Crippen molar-refractivity contribution in [3.63, 3.8) is 0 Å². The molecule has 1 saturated carbocycles. The normalized spacial score (nSPS) is 16.9. The van der Waals surface area contributed by atoms with E-state index in [0.29, 0.717) is 24.6 Å². The number of hydrogen-bond donors (Lipinski definition) is 2. The van der Waals surface area contributed by atoms with Crippen molar-refractivity contribution in [2.75, 3.05) is 0 Å². The number of carbonyl (C=O) groups is 1. The van der Waals surface area contributed by atoms with Gasteiger partial charge in [-0.25, -0.2) is 0 Å². The number of rotatable bonds is 5. The summed E-state index contributed by atoms with van der Waals surface area (Å²) in [4.78, 5) is 16.3. The molecule has 122 valence electrons. The van der Waals surface area contributed by atoms with Crippen LogP contribution in [-0.4, -0.2) is 26.8 Å². The van der Waals surface area contributed by atoms with E-state index in [1.807, 2.05) is 30.3 Å². The molecule has 6 heteroatoms. The largest absolute Gasteiger partial charge is 0.389 e. The third-order valence-electron chi connectivity index (χ3n) is 4.21. The fourth-order valence-electron chi connectivity index (χ4n) is 2.95. The van der Waals surface area contributed by atoms with Gasteiger partial charge in [-0.2, -0.15) is 4.98 Å². The van der Waals surface area contributed by atoms with Crippen LogP contribution in [0.4, 0.5) is 0 Å². The zero-order chi connectivity index (χ0) is 16.1. The Hall–Kier alpha value is -2.21. The number of hydrogen-bond acceptors (Lipinski definition) is 5. The van der Waals surface area contributed by atoms with E-state index >= 15 is 0 Å². The predicted molar refractivity (Wildman–Crippen MR) is 84.2 cm³/mol. The maximum atomic E-state index is 12.0. The molecule has 0 atom stereocenters. The zero-order valence-corrected chi connectivity index (χ0v) is 13.0. The number of aliphatic hydroxyl groups is 1. The molecule has 23 heavy (non-hydrogen) atoms. The molecule has 3 rings (SSSR count). The van der Waals surface area contributed by atoms with Crippen molar-refractivity contribution in [3.05, 3.63) is 36.2 Å². The molecule has 2 N–H and O–H groups in total. The number of aromatic nitrogens is 2. The Morgan fingerprint density at radius 3 is 2.70 bits per heavy atom. The monoisotopic (exact) mass is 315 g/mol. The summed E-state index contributed by atoms with van der Waals surface area (Å²) in [6, 6.07) is 9.51. The summed E-state index contributed by atoms with van der Waals surface area (Å²) in [5, 5.41) is 17.0. The Labute approximate surface area is 134 Å². The second-order valence-corrected chi connectivity index (χ2v) is 6.12. The van der Waals surface area contributed by atoms with Gasteiger partial charge in [-0.15, -0.1) is 0 Å². The van der Waals surface area contributed by atoms with Crippen LogP contribution in [0, 0.1) is 0 Å². The number of benzene rings is 1. The van der Waals surface area contributed by atoms with Gasteiger partial charge < -0.3 is 14.9 Å². The van der Waals surface area contributed by atoms with Crippen molar-refractivity contribution in [2.24, 2.45) is 0 Å². The Morgan fingerprint density at radius 1 is 1.22 bits per heavy atom. The average Bonchev–Trinajstić information content (AvgIpc) is 3.03. The summed E-state index contributed by atoms with van der Waals surface area (Å²) in [6.45, 7) is 0.175. The van der Waals surface area contributed by atoms with Crippen molar-refractivity contribution in [3.8, 4) is 11.4 Å². The van der Waals surface area contributed by atoms with Crippen LogP contribution < -0.4 is 5.32 Å². The van der Waals surface area contributed by atoms with Gasteiger partial charge in [0.25, 0.3) is 0 Å². The van der Waals surface area contributed by atoms with Crippen molar-refractivity contribution < 1.29 is 14.4 Å². The maximum absolute atomic E-state index is 12.0. The van der Waals surface area contributed by atoms with Crippen LogP contribution in [0.1, 0.15) is 44.4 Å². The second-order valence-electron chi connectivity index (χ2n) is 6.12. The fraction of sp³-hybridized carbons (Fsp3) is 0.471. The third kappa shape index (κ3) is 4.16. The third-order valence-corrected chi connectivity index (χ3v) is 4.21. The van der Waals surface area contributed by atoms with E-state index in [-0.39, 0.29) is 18.9 Å². The summed E-state index contributed by atoms with van der Waals surface area (Å²) in [5.74, 6) is 0.669. The highest BCUT2D eigenvalue weighted by atomic mass is 16.5. The first-order valence-corrected chi connectivity index (χ1v) is 8.02. The molecule has 0 aliphatic heterocycles. The van der Waals surface area contributed by atoms with Gasteiger partial charge in [0.1, 0.15) is 0 Å². The van der Waals surface area contributed by atoms with Gasteiger partial charge in [0.05, 0.1) is 18.6 Å².